The Hall–Kier alpha value is -2.18. The van der Waals surface area contributed by atoms with E-state index in [1.807, 2.05) is 0 Å². The lowest BCUT2D eigenvalue weighted by Gasteiger charge is -2.22. The van der Waals surface area contributed by atoms with E-state index in [-0.39, 0.29) is 18.5 Å². The molecule has 0 aliphatic carbocycles. The van der Waals surface area contributed by atoms with Crippen molar-refractivity contribution in [1.29, 1.82) is 0 Å². The molecule has 0 aromatic heterocycles. The molecule has 2 atom stereocenters. The summed E-state index contributed by atoms with van der Waals surface area (Å²) < 4.78 is 5.49. The van der Waals surface area contributed by atoms with Crippen LogP contribution in [0, 0.1) is 0 Å². The molecule has 0 aliphatic heterocycles. The van der Waals surface area contributed by atoms with Gasteiger partial charge in [-0.05, 0) is 89.9 Å². The second-order valence-electron chi connectivity index (χ2n) is 24.2. The molecule has 2 unspecified atom stereocenters. The van der Waals surface area contributed by atoms with Gasteiger partial charge in [0.2, 0.25) is 5.91 Å². The second-order valence-corrected chi connectivity index (χ2v) is 24.2. The van der Waals surface area contributed by atoms with Crippen LogP contribution in [0.2, 0.25) is 0 Å². The molecule has 0 aliphatic rings. The summed E-state index contributed by atoms with van der Waals surface area (Å²) in [6.07, 6.45) is 88.8. The summed E-state index contributed by atoms with van der Waals surface area (Å²) in [5, 5.41) is 23.3. The third-order valence-corrected chi connectivity index (χ3v) is 16.4. The molecule has 6 nitrogen and oxygen atoms in total. The number of aliphatic hydroxyl groups excluding tert-OH is 2. The first-order valence-corrected chi connectivity index (χ1v) is 35.4. The Morgan fingerprint density at radius 1 is 0.354 bits per heavy atom. The van der Waals surface area contributed by atoms with Gasteiger partial charge in [0.1, 0.15) is 0 Å². The normalized spacial score (nSPS) is 12.8. The summed E-state index contributed by atoms with van der Waals surface area (Å²) in [6.45, 7) is 4.94. The largest absolute Gasteiger partial charge is 0.466 e. The Bertz CT molecular complexity index is 1320. The fraction of sp³-hybridized carbons (Fsp3) is 0.863. The van der Waals surface area contributed by atoms with Gasteiger partial charge in [0, 0.05) is 12.8 Å². The molecule has 0 saturated heterocycles. The summed E-state index contributed by atoms with van der Waals surface area (Å²) in [4.78, 5) is 24.6. The average Bonchev–Trinajstić information content (AvgIpc) is 3.45. The first-order valence-electron chi connectivity index (χ1n) is 35.4. The number of hydrogen-bond acceptors (Lipinski definition) is 5. The van der Waals surface area contributed by atoms with Gasteiger partial charge >= 0.3 is 5.97 Å². The van der Waals surface area contributed by atoms with Crippen LogP contribution in [0.4, 0.5) is 0 Å². The summed E-state index contributed by atoms with van der Waals surface area (Å²) >= 11 is 0. The molecule has 3 N–H and O–H groups in total. The van der Waals surface area contributed by atoms with Crippen LogP contribution in [-0.4, -0.2) is 47.4 Å². The van der Waals surface area contributed by atoms with E-state index in [1.54, 1.807) is 0 Å². The number of aliphatic hydroxyl groups is 2. The molecule has 1 amide bonds. The van der Waals surface area contributed by atoms with Crippen molar-refractivity contribution in [3.8, 4) is 0 Å². The van der Waals surface area contributed by atoms with E-state index in [1.165, 1.54) is 289 Å². The van der Waals surface area contributed by atoms with Crippen LogP contribution in [0.5, 0.6) is 0 Å². The van der Waals surface area contributed by atoms with Crippen molar-refractivity contribution >= 4 is 11.9 Å². The summed E-state index contributed by atoms with van der Waals surface area (Å²) in [5.41, 5.74) is 0. The molecule has 0 rings (SSSR count). The van der Waals surface area contributed by atoms with Gasteiger partial charge < -0.3 is 20.3 Å². The fourth-order valence-electron chi connectivity index (χ4n) is 10.9. The lowest BCUT2D eigenvalue weighted by Crippen LogP contribution is -2.45. The van der Waals surface area contributed by atoms with Crippen molar-refractivity contribution in [3.05, 3.63) is 48.6 Å². The number of unbranched alkanes of at least 4 members (excludes halogenated alkanes) is 47. The first kappa shape index (κ1) is 76.8. The number of rotatable bonds is 66. The number of ether oxygens (including phenoxy) is 1. The smallest absolute Gasteiger partial charge is 0.305 e. The summed E-state index contributed by atoms with van der Waals surface area (Å²) in [6, 6.07) is -0.540. The average molecular weight is 1110 g/mol. The van der Waals surface area contributed by atoms with E-state index in [4.69, 9.17) is 4.74 Å². The number of carbonyl (C=O) groups is 2. The second kappa shape index (κ2) is 68.3. The third-order valence-electron chi connectivity index (χ3n) is 16.4. The van der Waals surface area contributed by atoms with Crippen LogP contribution in [0.15, 0.2) is 48.6 Å². The highest BCUT2D eigenvalue weighted by Crippen LogP contribution is 2.18. The van der Waals surface area contributed by atoms with Gasteiger partial charge in [-0.25, -0.2) is 0 Å². The predicted molar refractivity (Wildman–Crippen MR) is 347 cm³/mol. The first-order chi connectivity index (χ1) is 39.0. The third kappa shape index (κ3) is 64.8. The van der Waals surface area contributed by atoms with Crippen LogP contribution in [0.25, 0.3) is 0 Å². The predicted octanol–water partition coefficient (Wildman–Crippen LogP) is 22.9. The molecule has 0 heterocycles. The van der Waals surface area contributed by atoms with Gasteiger partial charge in [-0.2, -0.15) is 0 Å². The molecule has 0 radical (unpaired) electrons. The summed E-state index contributed by atoms with van der Waals surface area (Å²) in [5.74, 6) is -0.0311. The number of hydrogen-bond donors (Lipinski definition) is 3. The van der Waals surface area contributed by atoms with E-state index >= 15 is 0 Å². The Morgan fingerprint density at radius 2 is 0.633 bits per heavy atom. The van der Waals surface area contributed by atoms with Crippen molar-refractivity contribution in [2.75, 3.05) is 13.2 Å². The van der Waals surface area contributed by atoms with Gasteiger partial charge in [0.05, 0.1) is 25.4 Å². The number of amides is 1. The van der Waals surface area contributed by atoms with Gasteiger partial charge in [-0.1, -0.05) is 326 Å². The van der Waals surface area contributed by atoms with Gasteiger partial charge in [0.25, 0.3) is 0 Å². The Balaban J connectivity index is 3.37. The number of allylic oxidation sites excluding steroid dienone is 8. The van der Waals surface area contributed by atoms with E-state index in [0.29, 0.717) is 25.9 Å². The molecule has 464 valence electrons. The highest BCUT2D eigenvalue weighted by molar-refractivity contribution is 5.76. The minimum Gasteiger partial charge on any atom is -0.466 e. The molecular weight excluding hydrogens is 971 g/mol. The van der Waals surface area contributed by atoms with E-state index < -0.39 is 12.1 Å². The Labute approximate surface area is 493 Å². The van der Waals surface area contributed by atoms with Gasteiger partial charge in [-0.3, -0.25) is 9.59 Å². The van der Waals surface area contributed by atoms with Crippen molar-refractivity contribution in [3.63, 3.8) is 0 Å². The Kier molecular flexibility index (Phi) is 66.4. The van der Waals surface area contributed by atoms with E-state index in [0.717, 1.165) is 57.8 Å². The van der Waals surface area contributed by atoms with Gasteiger partial charge in [0.15, 0.2) is 0 Å². The molecular formula is C73H137NO5. The number of esters is 1. The number of nitrogens with one attached hydrogen (secondary N) is 1. The minimum absolute atomic E-state index is 0.000732. The zero-order valence-corrected chi connectivity index (χ0v) is 53.1. The summed E-state index contributed by atoms with van der Waals surface area (Å²) in [7, 11) is 0. The van der Waals surface area contributed by atoms with Crippen LogP contribution < -0.4 is 5.32 Å². The molecule has 0 aromatic carbocycles. The van der Waals surface area contributed by atoms with Crippen LogP contribution in [0.3, 0.4) is 0 Å². The molecule has 79 heavy (non-hydrogen) atoms. The maximum atomic E-state index is 12.5. The van der Waals surface area contributed by atoms with Crippen molar-refractivity contribution in [2.24, 2.45) is 0 Å². The topological polar surface area (TPSA) is 95.9 Å². The Morgan fingerprint density at radius 3 is 0.975 bits per heavy atom. The highest BCUT2D eigenvalue weighted by atomic mass is 16.5. The maximum absolute atomic E-state index is 12.5. The van der Waals surface area contributed by atoms with Crippen LogP contribution in [-0.2, 0) is 14.3 Å². The van der Waals surface area contributed by atoms with Crippen LogP contribution in [0.1, 0.15) is 380 Å². The lowest BCUT2D eigenvalue weighted by molar-refractivity contribution is -0.143. The van der Waals surface area contributed by atoms with Crippen molar-refractivity contribution in [2.45, 2.75) is 392 Å². The van der Waals surface area contributed by atoms with Crippen molar-refractivity contribution in [1.82, 2.24) is 5.32 Å². The number of carbonyl (C=O) groups excluding carboxylic acids is 2. The molecule has 0 bridgehead atoms. The fourth-order valence-corrected chi connectivity index (χ4v) is 10.9. The molecule has 0 fully saturated rings. The molecule has 0 aromatic rings. The SMILES string of the molecule is CCCCCC/C=C\C/C=C\CCCCCCCC(=O)OCCCCCCCCCCC/C=C\C/C=C\CCCCCCCCCCCCCCCCCCCC(=O)NC(CO)C(O)CCCCCCCCCCCCCCC. The standard InChI is InChI=1S/C73H137NO5/c1-3-5-7-9-11-13-15-17-18-39-43-47-51-55-59-63-67-73(78)79-68-64-60-56-52-48-44-40-37-35-33-31-29-27-25-23-21-19-20-22-24-26-28-30-32-34-36-38-42-46-50-54-58-62-66-72(77)74-70(69-75)71(76)65-61-57-53-49-45-41-16-14-12-10-8-6-4-2/h13,15,18,23,25,29,31,39,70-71,75-76H,3-12,14,16-17,19-22,24,26-28,30,32-38,40-69H2,1-2H3,(H,74,77)/b15-13-,25-23-,31-29-,39-18-. The maximum Gasteiger partial charge on any atom is 0.305 e. The van der Waals surface area contributed by atoms with Gasteiger partial charge in [-0.15, -0.1) is 0 Å². The molecule has 0 saturated carbocycles. The van der Waals surface area contributed by atoms with Crippen LogP contribution >= 0.6 is 0 Å². The molecule has 0 spiro atoms. The zero-order chi connectivity index (χ0) is 57.1. The monoisotopic (exact) mass is 1110 g/mol. The van der Waals surface area contributed by atoms with Crippen molar-refractivity contribution < 1.29 is 24.5 Å². The van der Waals surface area contributed by atoms with E-state index in [2.05, 4.69) is 67.8 Å². The lowest BCUT2D eigenvalue weighted by atomic mass is 10.0. The minimum atomic E-state index is -0.663. The van der Waals surface area contributed by atoms with E-state index in [9.17, 15) is 19.8 Å². The molecule has 6 heteroatoms. The quantitative estimate of drug-likeness (QED) is 0.0320. The zero-order valence-electron chi connectivity index (χ0n) is 53.1. The highest BCUT2D eigenvalue weighted by Gasteiger charge is 2.20.